The molecule has 0 spiro atoms. The van der Waals surface area contributed by atoms with E-state index in [0.29, 0.717) is 24.4 Å². The van der Waals surface area contributed by atoms with E-state index in [1.165, 1.54) is 5.56 Å². The van der Waals surface area contributed by atoms with Gasteiger partial charge >= 0.3 is 36.4 Å². The lowest BCUT2D eigenvalue weighted by Crippen LogP contribution is -2.54. The fourth-order valence-electron chi connectivity index (χ4n) is 4.53. The van der Waals surface area contributed by atoms with Crippen LogP contribution in [-0.4, -0.2) is 135 Å². The first kappa shape index (κ1) is 40.3. The van der Waals surface area contributed by atoms with Gasteiger partial charge in [0.25, 0.3) is 0 Å². The second-order valence-corrected chi connectivity index (χ2v) is 9.74. The van der Waals surface area contributed by atoms with Gasteiger partial charge in [0.1, 0.15) is 0 Å². The number of pyridine rings is 1. The van der Waals surface area contributed by atoms with Gasteiger partial charge in [0.2, 0.25) is 5.91 Å². The van der Waals surface area contributed by atoms with Gasteiger partial charge in [-0.15, -0.1) is 0 Å². The molecule has 3 N–H and O–H groups in total. The highest BCUT2D eigenvalue weighted by Gasteiger charge is 2.43. The Morgan fingerprint density at radius 2 is 1.30 bits per heavy atom. The van der Waals surface area contributed by atoms with E-state index in [-0.39, 0.29) is 0 Å². The zero-order chi connectivity index (χ0) is 35.3. The molecule has 4 heterocycles. The highest BCUT2D eigenvalue weighted by molar-refractivity contribution is 5.78. The molecule has 46 heavy (non-hydrogen) atoms. The number of alkyl halides is 9. The molecule has 4 rings (SSSR count). The summed E-state index contributed by atoms with van der Waals surface area (Å²) in [5, 5.41) is 21.4. The van der Waals surface area contributed by atoms with Gasteiger partial charge in [0.05, 0.1) is 13.2 Å². The van der Waals surface area contributed by atoms with Gasteiger partial charge in [-0.1, -0.05) is 6.07 Å². The SMILES string of the molecule is O=C(O)C(F)(F)F.O=C(O)C(F)(F)F.O=C(O)C(F)(F)F.O=C1CC[C@@H]2[C@@H](CCN2Cc2cccnc2)N1CCN1CCOCC1. The molecule has 3 aliphatic heterocycles. The Bertz CT molecular complexity index is 1070. The number of fused-ring (bicyclic) bond motifs is 1. The van der Waals surface area contributed by atoms with Crippen LogP contribution in [0, 0.1) is 0 Å². The van der Waals surface area contributed by atoms with Crippen LogP contribution in [-0.2, 0) is 30.5 Å². The molecule has 0 saturated carbocycles. The third-order valence-corrected chi connectivity index (χ3v) is 6.60. The predicted octanol–water partition coefficient (Wildman–Crippen LogP) is 2.88. The summed E-state index contributed by atoms with van der Waals surface area (Å²) in [6.45, 7) is 7.47. The molecule has 3 aliphatic rings. The number of carboxylic acid groups (broad SMARTS) is 3. The Hall–Kier alpha value is -3.72. The van der Waals surface area contributed by atoms with Crippen molar-refractivity contribution < 1.29 is 78.7 Å². The number of piperidine rings is 1. The van der Waals surface area contributed by atoms with Crippen LogP contribution in [0.2, 0.25) is 0 Å². The molecule has 1 amide bonds. The van der Waals surface area contributed by atoms with Gasteiger partial charge < -0.3 is 25.0 Å². The standard InChI is InChI=1S/C19H28N4O2.3C2HF3O2/c24-19-4-3-17-18(23(19)9-8-21-10-12-25-13-11-21)5-7-22(17)15-16-2-1-6-20-14-16;3*3-2(4,5)1(6)7/h1-2,6,14,17-18H,3-5,7-13,15H2;3*(H,6,7)/t17-,18-;;;/m1.../s1. The minimum absolute atomic E-state index is 0.345. The van der Waals surface area contributed by atoms with Gasteiger partial charge in [-0.3, -0.25) is 19.6 Å². The summed E-state index contributed by atoms with van der Waals surface area (Å²) in [5.41, 5.74) is 1.26. The zero-order valence-corrected chi connectivity index (χ0v) is 23.8. The van der Waals surface area contributed by atoms with Gasteiger partial charge in [-0.2, -0.15) is 39.5 Å². The van der Waals surface area contributed by atoms with Crippen LogP contribution in [0.4, 0.5) is 39.5 Å². The van der Waals surface area contributed by atoms with Crippen molar-refractivity contribution in [3.05, 3.63) is 30.1 Å². The number of halogens is 9. The summed E-state index contributed by atoms with van der Waals surface area (Å²) in [6, 6.07) is 5.04. The van der Waals surface area contributed by atoms with E-state index in [1.807, 2.05) is 18.5 Å². The van der Waals surface area contributed by atoms with E-state index in [1.54, 1.807) is 0 Å². The van der Waals surface area contributed by atoms with Crippen LogP contribution in [0.1, 0.15) is 24.8 Å². The molecule has 21 heteroatoms. The molecule has 3 saturated heterocycles. The lowest BCUT2D eigenvalue weighted by atomic mass is 9.96. The number of carboxylic acids is 3. The van der Waals surface area contributed by atoms with Crippen LogP contribution in [0.15, 0.2) is 24.5 Å². The zero-order valence-electron chi connectivity index (χ0n) is 23.8. The Labute approximate surface area is 255 Å². The number of hydrogen-bond acceptors (Lipinski definition) is 8. The van der Waals surface area contributed by atoms with Crippen LogP contribution in [0.3, 0.4) is 0 Å². The van der Waals surface area contributed by atoms with Crippen molar-refractivity contribution in [3.63, 3.8) is 0 Å². The molecule has 12 nitrogen and oxygen atoms in total. The quantitative estimate of drug-likeness (QED) is 0.391. The highest BCUT2D eigenvalue weighted by Crippen LogP contribution is 2.32. The summed E-state index contributed by atoms with van der Waals surface area (Å²) in [7, 11) is 0. The molecular formula is C25H31F9N4O8. The topological polar surface area (TPSA) is 161 Å². The number of carbonyl (C=O) groups is 4. The molecule has 3 fully saturated rings. The smallest absolute Gasteiger partial charge is 0.475 e. The minimum Gasteiger partial charge on any atom is -0.475 e. The molecular weight excluding hydrogens is 655 g/mol. The van der Waals surface area contributed by atoms with Crippen LogP contribution >= 0.6 is 0 Å². The molecule has 2 atom stereocenters. The van der Waals surface area contributed by atoms with Crippen molar-refractivity contribution >= 4 is 23.8 Å². The molecule has 262 valence electrons. The predicted molar refractivity (Wildman–Crippen MR) is 136 cm³/mol. The first-order chi connectivity index (χ1) is 21.1. The number of aromatic nitrogens is 1. The van der Waals surface area contributed by atoms with Gasteiger partial charge in [0.15, 0.2) is 0 Å². The van der Waals surface area contributed by atoms with Crippen molar-refractivity contribution in [2.24, 2.45) is 0 Å². The number of ether oxygens (including phenoxy) is 1. The maximum Gasteiger partial charge on any atom is 0.490 e. The van der Waals surface area contributed by atoms with Crippen LogP contribution in [0.5, 0.6) is 0 Å². The van der Waals surface area contributed by atoms with Gasteiger partial charge in [-0.05, 0) is 24.5 Å². The third kappa shape index (κ3) is 14.6. The van der Waals surface area contributed by atoms with Crippen molar-refractivity contribution in [2.75, 3.05) is 45.9 Å². The number of aliphatic carboxylic acids is 3. The second-order valence-electron chi connectivity index (χ2n) is 9.74. The summed E-state index contributed by atoms with van der Waals surface area (Å²) >= 11 is 0. The van der Waals surface area contributed by atoms with E-state index in [4.69, 9.17) is 34.4 Å². The molecule has 0 radical (unpaired) electrons. The number of rotatable bonds is 5. The third-order valence-electron chi connectivity index (χ3n) is 6.60. The molecule has 0 bridgehead atoms. The van der Waals surface area contributed by atoms with Crippen molar-refractivity contribution in [2.45, 2.75) is 56.4 Å². The lowest BCUT2D eigenvalue weighted by Gasteiger charge is -2.41. The van der Waals surface area contributed by atoms with Gasteiger partial charge in [0, 0.05) is 70.2 Å². The number of likely N-dealkylation sites (tertiary alicyclic amines) is 2. The van der Waals surface area contributed by atoms with Crippen molar-refractivity contribution in [1.29, 1.82) is 0 Å². The maximum absolute atomic E-state index is 12.5. The van der Waals surface area contributed by atoms with E-state index in [9.17, 15) is 44.3 Å². The Kier molecular flexibility index (Phi) is 15.6. The fraction of sp³-hybridized carbons (Fsp3) is 0.640. The number of nitrogens with zero attached hydrogens (tertiary/aromatic N) is 4. The average Bonchev–Trinajstić information content (AvgIpc) is 3.35. The largest absolute Gasteiger partial charge is 0.490 e. The molecule has 0 aromatic carbocycles. The summed E-state index contributed by atoms with van der Waals surface area (Å²) < 4.78 is 101. The minimum atomic E-state index is -5.08. The maximum atomic E-state index is 12.5. The van der Waals surface area contributed by atoms with E-state index >= 15 is 0 Å². The number of hydrogen-bond donors (Lipinski definition) is 3. The second kappa shape index (κ2) is 17.8. The van der Waals surface area contributed by atoms with Crippen molar-refractivity contribution in [3.8, 4) is 0 Å². The number of morpholine rings is 1. The summed E-state index contributed by atoms with van der Waals surface area (Å²) in [5.74, 6) is -7.93. The van der Waals surface area contributed by atoms with E-state index < -0.39 is 36.4 Å². The van der Waals surface area contributed by atoms with E-state index in [0.717, 1.165) is 65.3 Å². The number of amides is 1. The molecule has 1 aromatic heterocycles. The Morgan fingerprint density at radius 1 is 0.804 bits per heavy atom. The van der Waals surface area contributed by atoms with Gasteiger partial charge in [-0.25, -0.2) is 14.4 Å². The number of carbonyl (C=O) groups excluding carboxylic acids is 1. The monoisotopic (exact) mass is 686 g/mol. The lowest BCUT2D eigenvalue weighted by molar-refractivity contribution is -0.193. The molecule has 0 unspecified atom stereocenters. The van der Waals surface area contributed by atoms with Crippen LogP contribution in [0.25, 0.3) is 0 Å². The summed E-state index contributed by atoms with van der Waals surface area (Å²) in [6.07, 6.45) is -8.69. The highest BCUT2D eigenvalue weighted by atomic mass is 19.4. The Morgan fingerprint density at radius 3 is 1.74 bits per heavy atom. The normalized spacial score (nSPS) is 20.5. The van der Waals surface area contributed by atoms with E-state index in [2.05, 4.69) is 25.8 Å². The van der Waals surface area contributed by atoms with Crippen molar-refractivity contribution in [1.82, 2.24) is 19.7 Å². The van der Waals surface area contributed by atoms with Crippen LogP contribution < -0.4 is 0 Å². The molecule has 1 aromatic rings. The molecule has 0 aliphatic carbocycles. The fourth-order valence-corrected chi connectivity index (χ4v) is 4.53. The Balaban J connectivity index is 0.000000413. The summed E-state index contributed by atoms with van der Waals surface area (Å²) in [4.78, 5) is 50.6. The first-order valence-electron chi connectivity index (χ1n) is 13.3. The first-order valence-corrected chi connectivity index (χ1v) is 13.3. The average molecular weight is 687 g/mol.